The van der Waals surface area contributed by atoms with Gasteiger partial charge in [-0.05, 0) is 49.4 Å². The van der Waals surface area contributed by atoms with Crippen LogP contribution in [0, 0.1) is 17.1 Å². The maximum Gasteiger partial charge on any atom is 0.417 e. The fraction of sp³-hybridized carbons (Fsp3) is 0.167. The molecular formula is C24H17F4N3O2. The van der Waals surface area contributed by atoms with Crippen molar-refractivity contribution in [3.05, 3.63) is 77.6 Å². The van der Waals surface area contributed by atoms with Crippen LogP contribution >= 0.6 is 0 Å². The molecule has 1 unspecified atom stereocenters. The van der Waals surface area contributed by atoms with E-state index in [0.29, 0.717) is 22.5 Å². The summed E-state index contributed by atoms with van der Waals surface area (Å²) in [4.78, 5) is 12.8. The molecule has 0 saturated carbocycles. The largest absolute Gasteiger partial charge is 0.417 e. The fourth-order valence-electron chi connectivity index (χ4n) is 3.80. The topological polar surface area (TPSA) is 78.1 Å². The van der Waals surface area contributed by atoms with Crippen molar-refractivity contribution in [1.82, 2.24) is 4.57 Å². The molecule has 168 valence electrons. The molecule has 3 aromatic carbocycles. The van der Waals surface area contributed by atoms with Gasteiger partial charge in [-0.1, -0.05) is 18.2 Å². The van der Waals surface area contributed by atoms with Crippen LogP contribution in [0.25, 0.3) is 21.8 Å². The number of benzene rings is 3. The van der Waals surface area contributed by atoms with Crippen LogP contribution < -0.4 is 5.32 Å². The minimum Gasteiger partial charge on any atom is -0.378 e. The van der Waals surface area contributed by atoms with Gasteiger partial charge in [0, 0.05) is 27.5 Å². The minimum absolute atomic E-state index is 0.212. The number of aromatic nitrogens is 1. The molecule has 1 heterocycles. The lowest BCUT2D eigenvalue weighted by Gasteiger charge is -2.24. The standard InChI is InChI=1S/C24H17F4N3O2/c1-23(33,22(32)30-16-8-6-14(12-29)19(11-16)24(26,27)28)13-31-20-5-3-2-4-17(20)18-10-15(25)7-9-21(18)31/h2-11,33H,13H2,1H3,(H,30,32). The van der Waals surface area contributed by atoms with Crippen molar-refractivity contribution in [2.45, 2.75) is 25.2 Å². The summed E-state index contributed by atoms with van der Waals surface area (Å²) in [6.45, 7) is 0.998. The summed E-state index contributed by atoms with van der Waals surface area (Å²) in [5.41, 5.74) is -2.77. The van der Waals surface area contributed by atoms with E-state index in [2.05, 4.69) is 5.32 Å². The van der Waals surface area contributed by atoms with Crippen molar-refractivity contribution >= 4 is 33.4 Å². The van der Waals surface area contributed by atoms with Crippen molar-refractivity contribution in [3.8, 4) is 6.07 Å². The molecule has 1 aromatic heterocycles. The van der Waals surface area contributed by atoms with Crippen LogP contribution in [-0.4, -0.2) is 21.2 Å². The van der Waals surface area contributed by atoms with E-state index in [1.165, 1.54) is 31.2 Å². The first kappa shape index (κ1) is 22.3. The number of nitrogens with one attached hydrogen (secondary N) is 1. The second kappa shape index (κ2) is 7.90. The summed E-state index contributed by atoms with van der Waals surface area (Å²) in [6.07, 6.45) is -4.79. The Kier molecular flexibility index (Phi) is 5.34. The van der Waals surface area contributed by atoms with Gasteiger partial charge in [0.15, 0.2) is 5.60 Å². The Bertz CT molecular complexity index is 1430. The Morgan fingerprint density at radius 3 is 2.45 bits per heavy atom. The fourth-order valence-corrected chi connectivity index (χ4v) is 3.80. The van der Waals surface area contributed by atoms with Gasteiger partial charge in [0.1, 0.15) is 5.82 Å². The molecule has 0 aliphatic rings. The highest BCUT2D eigenvalue weighted by Gasteiger charge is 2.35. The van der Waals surface area contributed by atoms with Crippen molar-refractivity contribution in [2.75, 3.05) is 5.32 Å². The maximum absolute atomic E-state index is 13.8. The normalized spacial score (nSPS) is 13.6. The molecule has 9 heteroatoms. The third-order valence-corrected chi connectivity index (χ3v) is 5.39. The van der Waals surface area contributed by atoms with Crippen LogP contribution in [0.1, 0.15) is 18.1 Å². The van der Waals surface area contributed by atoms with E-state index in [0.717, 1.165) is 17.5 Å². The highest BCUT2D eigenvalue weighted by atomic mass is 19.4. The number of anilines is 1. The molecule has 0 fully saturated rings. The number of carbonyl (C=O) groups excluding carboxylic acids is 1. The average molecular weight is 455 g/mol. The summed E-state index contributed by atoms with van der Waals surface area (Å²) in [6, 6.07) is 15.5. The lowest BCUT2D eigenvalue weighted by atomic mass is 10.0. The van der Waals surface area contributed by atoms with Gasteiger partial charge in [-0.15, -0.1) is 0 Å². The molecule has 0 saturated heterocycles. The first-order valence-electron chi connectivity index (χ1n) is 9.83. The number of amides is 1. The minimum atomic E-state index is -4.79. The lowest BCUT2D eigenvalue weighted by Crippen LogP contribution is -2.43. The number of aliphatic hydroxyl groups is 1. The van der Waals surface area contributed by atoms with Gasteiger partial charge < -0.3 is 15.0 Å². The number of hydrogen-bond donors (Lipinski definition) is 2. The van der Waals surface area contributed by atoms with E-state index >= 15 is 0 Å². The molecule has 0 bridgehead atoms. The van der Waals surface area contributed by atoms with Gasteiger partial charge >= 0.3 is 6.18 Å². The molecule has 33 heavy (non-hydrogen) atoms. The molecule has 0 radical (unpaired) electrons. The number of halogens is 4. The van der Waals surface area contributed by atoms with Gasteiger partial charge in [-0.3, -0.25) is 4.79 Å². The number of carbonyl (C=O) groups is 1. The van der Waals surface area contributed by atoms with E-state index in [1.54, 1.807) is 28.8 Å². The van der Waals surface area contributed by atoms with Crippen LogP contribution in [0.5, 0.6) is 0 Å². The van der Waals surface area contributed by atoms with E-state index < -0.39 is 34.6 Å². The quantitative estimate of drug-likeness (QED) is 0.415. The van der Waals surface area contributed by atoms with Crippen molar-refractivity contribution in [1.29, 1.82) is 5.26 Å². The average Bonchev–Trinajstić information content (AvgIpc) is 3.05. The monoisotopic (exact) mass is 455 g/mol. The zero-order valence-electron chi connectivity index (χ0n) is 17.2. The Hall–Kier alpha value is -3.90. The number of hydrogen-bond acceptors (Lipinski definition) is 3. The molecule has 0 aliphatic carbocycles. The first-order valence-corrected chi connectivity index (χ1v) is 9.83. The number of rotatable bonds is 4. The third-order valence-electron chi connectivity index (χ3n) is 5.39. The number of nitrogens with zero attached hydrogens (tertiary/aromatic N) is 2. The molecule has 4 aromatic rings. The van der Waals surface area contributed by atoms with Gasteiger partial charge in [-0.2, -0.15) is 18.4 Å². The molecule has 4 rings (SSSR count). The number of fused-ring (bicyclic) bond motifs is 3. The van der Waals surface area contributed by atoms with E-state index in [9.17, 15) is 27.5 Å². The van der Waals surface area contributed by atoms with Crippen molar-refractivity contribution in [2.24, 2.45) is 0 Å². The molecule has 1 amide bonds. The van der Waals surface area contributed by atoms with Gasteiger partial charge in [0.2, 0.25) is 0 Å². The van der Waals surface area contributed by atoms with Gasteiger partial charge in [-0.25, -0.2) is 4.39 Å². The van der Waals surface area contributed by atoms with Crippen LogP contribution in [0.15, 0.2) is 60.7 Å². The van der Waals surface area contributed by atoms with Crippen molar-refractivity contribution < 1.29 is 27.5 Å². The summed E-state index contributed by atoms with van der Waals surface area (Å²) < 4.78 is 55.1. The van der Waals surface area contributed by atoms with E-state index in [-0.39, 0.29) is 12.2 Å². The molecular weight excluding hydrogens is 438 g/mol. The molecule has 0 aliphatic heterocycles. The highest BCUT2D eigenvalue weighted by molar-refractivity contribution is 6.08. The number of nitriles is 1. The smallest absolute Gasteiger partial charge is 0.378 e. The lowest BCUT2D eigenvalue weighted by molar-refractivity contribution is -0.138. The Labute approximate surface area is 185 Å². The van der Waals surface area contributed by atoms with Gasteiger partial charge in [0.05, 0.1) is 23.7 Å². The van der Waals surface area contributed by atoms with Crippen LogP contribution in [-0.2, 0) is 17.5 Å². The number of alkyl halides is 3. The predicted octanol–water partition coefficient (Wildman–Crippen LogP) is 5.21. The van der Waals surface area contributed by atoms with Crippen molar-refractivity contribution in [3.63, 3.8) is 0 Å². The Morgan fingerprint density at radius 1 is 1.06 bits per heavy atom. The van der Waals surface area contributed by atoms with E-state index in [4.69, 9.17) is 5.26 Å². The van der Waals surface area contributed by atoms with Gasteiger partial charge in [0.25, 0.3) is 5.91 Å². The first-order chi connectivity index (χ1) is 15.5. The van der Waals surface area contributed by atoms with Crippen LogP contribution in [0.2, 0.25) is 0 Å². The third kappa shape index (κ3) is 4.13. The molecule has 2 N–H and O–H groups in total. The summed E-state index contributed by atoms with van der Waals surface area (Å²) in [5, 5.41) is 23.5. The van der Waals surface area contributed by atoms with Crippen LogP contribution in [0.3, 0.4) is 0 Å². The van der Waals surface area contributed by atoms with E-state index in [1.807, 2.05) is 0 Å². The molecule has 0 spiro atoms. The Balaban J connectivity index is 1.68. The second-order valence-electron chi connectivity index (χ2n) is 7.86. The summed E-state index contributed by atoms with van der Waals surface area (Å²) in [7, 11) is 0. The maximum atomic E-state index is 13.8. The second-order valence-corrected chi connectivity index (χ2v) is 7.86. The zero-order chi connectivity index (χ0) is 24.0. The summed E-state index contributed by atoms with van der Waals surface area (Å²) in [5.74, 6) is -1.37. The highest BCUT2D eigenvalue weighted by Crippen LogP contribution is 2.34. The SMILES string of the molecule is CC(O)(Cn1c2ccccc2c2cc(F)ccc21)C(=O)Nc1ccc(C#N)c(C(F)(F)F)c1. The molecule has 5 nitrogen and oxygen atoms in total. The predicted molar refractivity (Wildman–Crippen MR) is 115 cm³/mol. The van der Waals surface area contributed by atoms with Crippen LogP contribution in [0.4, 0.5) is 23.2 Å². The number of para-hydroxylation sites is 1. The summed E-state index contributed by atoms with van der Waals surface area (Å²) >= 11 is 0. The zero-order valence-corrected chi connectivity index (χ0v) is 17.2. The Morgan fingerprint density at radius 2 is 1.76 bits per heavy atom. The molecule has 1 atom stereocenters.